The molecule has 0 heterocycles. The summed E-state index contributed by atoms with van der Waals surface area (Å²) in [6, 6.07) is 10.4. The van der Waals surface area contributed by atoms with E-state index in [0.717, 1.165) is 38.6 Å². The van der Waals surface area contributed by atoms with E-state index in [2.05, 4.69) is 29.3 Å². The second kappa shape index (κ2) is 11.8. The minimum Gasteiger partial charge on any atom is -0.381 e. The second-order valence-corrected chi connectivity index (χ2v) is 5.17. The summed E-state index contributed by atoms with van der Waals surface area (Å²) in [5, 5.41) is 0. The fraction of sp³-hybridized carbons (Fsp3) is 0.562. The minimum absolute atomic E-state index is 0. The first-order valence-electron chi connectivity index (χ1n) is 7.12. The maximum absolute atomic E-state index is 5.64. The predicted octanol–water partition coefficient (Wildman–Crippen LogP) is 2.73. The lowest BCUT2D eigenvalue weighted by molar-refractivity contribution is 0.136. The molecule has 120 valence electrons. The van der Waals surface area contributed by atoms with Crippen molar-refractivity contribution in [2.24, 2.45) is 4.99 Å². The maximum Gasteiger partial charge on any atom is 0.195 e. The van der Waals surface area contributed by atoms with Gasteiger partial charge in [-0.3, -0.25) is 4.99 Å². The molecule has 0 bridgehead atoms. The van der Waals surface area contributed by atoms with E-state index >= 15 is 0 Å². The average molecular weight is 405 g/mol. The van der Waals surface area contributed by atoms with Gasteiger partial charge in [-0.15, -0.1) is 24.0 Å². The molecule has 0 aromatic heterocycles. The molecule has 0 radical (unpaired) electrons. The van der Waals surface area contributed by atoms with E-state index in [1.54, 1.807) is 0 Å². The Kier molecular flexibility index (Phi) is 11.3. The van der Waals surface area contributed by atoms with E-state index in [0.29, 0.717) is 0 Å². The highest BCUT2D eigenvalue weighted by molar-refractivity contribution is 14.0. The van der Waals surface area contributed by atoms with Gasteiger partial charge in [0.1, 0.15) is 0 Å². The third kappa shape index (κ3) is 8.93. The standard InChI is InChI=1S/C16H27N3O.HI/c1-18(2)16(19(3)4)17-12-8-13-20-14-11-15-9-6-5-7-10-15;/h5-7,9-10H,8,11-14H2,1-4H3;1H. The molecule has 4 nitrogen and oxygen atoms in total. The van der Waals surface area contributed by atoms with Crippen LogP contribution in [0, 0.1) is 0 Å². The summed E-state index contributed by atoms with van der Waals surface area (Å²) in [5.74, 6) is 0.995. The lowest BCUT2D eigenvalue weighted by atomic mass is 10.2. The third-order valence-electron chi connectivity index (χ3n) is 2.88. The van der Waals surface area contributed by atoms with E-state index in [4.69, 9.17) is 4.74 Å². The van der Waals surface area contributed by atoms with Gasteiger partial charge in [0.15, 0.2) is 5.96 Å². The number of halogens is 1. The third-order valence-corrected chi connectivity index (χ3v) is 2.88. The molecule has 0 amide bonds. The van der Waals surface area contributed by atoms with Crippen LogP contribution < -0.4 is 0 Å². The summed E-state index contributed by atoms with van der Waals surface area (Å²) in [5.41, 5.74) is 1.33. The summed E-state index contributed by atoms with van der Waals surface area (Å²) in [6.45, 7) is 2.35. The van der Waals surface area contributed by atoms with Crippen LogP contribution in [0.2, 0.25) is 0 Å². The van der Waals surface area contributed by atoms with Crippen LogP contribution >= 0.6 is 24.0 Å². The zero-order chi connectivity index (χ0) is 14.8. The summed E-state index contributed by atoms with van der Waals surface area (Å²) >= 11 is 0. The van der Waals surface area contributed by atoms with Crippen LogP contribution in [0.25, 0.3) is 0 Å². The summed E-state index contributed by atoms with van der Waals surface area (Å²) < 4.78 is 5.64. The number of benzene rings is 1. The van der Waals surface area contributed by atoms with Gasteiger partial charge in [0.05, 0.1) is 6.61 Å². The molecule has 0 unspecified atom stereocenters. The summed E-state index contributed by atoms with van der Waals surface area (Å²) in [7, 11) is 8.04. The summed E-state index contributed by atoms with van der Waals surface area (Å²) in [6.07, 6.45) is 1.94. The van der Waals surface area contributed by atoms with E-state index in [1.807, 2.05) is 44.1 Å². The van der Waals surface area contributed by atoms with Crippen molar-refractivity contribution in [1.82, 2.24) is 9.80 Å². The molecule has 0 fully saturated rings. The van der Waals surface area contributed by atoms with Crippen molar-refractivity contribution in [2.75, 3.05) is 47.9 Å². The van der Waals surface area contributed by atoms with Gasteiger partial charge in [-0.05, 0) is 18.4 Å². The van der Waals surface area contributed by atoms with Crippen LogP contribution in [0.1, 0.15) is 12.0 Å². The zero-order valence-electron chi connectivity index (χ0n) is 13.6. The van der Waals surface area contributed by atoms with Crippen LogP contribution in [0.5, 0.6) is 0 Å². The Bertz CT molecular complexity index is 384. The summed E-state index contributed by atoms with van der Waals surface area (Å²) in [4.78, 5) is 8.62. The normalized spacial score (nSPS) is 9.71. The van der Waals surface area contributed by atoms with Crippen molar-refractivity contribution in [1.29, 1.82) is 0 Å². The van der Waals surface area contributed by atoms with Gasteiger partial charge in [-0.1, -0.05) is 30.3 Å². The minimum atomic E-state index is 0. The van der Waals surface area contributed by atoms with Gasteiger partial charge in [0.25, 0.3) is 0 Å². The molecule has 0 saturated heterocycles. The van der Waals surface area contributed by atoms with Crippen LogP contribution in [0.4, 0.5) is 0 Å². The fourth-order valence-electron chi connectivity index (χ4n) is 1.97. The predicted molar refractivity (Wildman–Crippen MR) is 101 cm³/mol. The SMILES string of the molecule is CN(C)C(=NCCCOCCc1ccccc1)N(C)C.I. The molecule has 0 spiro atoms. The molecule has 0 aliphatic carbocycles. The molecule has 0 aliphatic rings. The molecular formula is C16H28IN3O. The second-order valence-electron chi connectivity index (χ2n) is 5.17. The topological polar surface area (TPSA) is 28.1 Å². The molecule has 5 heteroatoms. The van der Waals surface area contributed by atoms with Crippen molar-refractivity contribution in [3.8, 4) is 0 Å². The number of ether oxygens (including phenoxy) is 1. The van der Waals surface area contributed by atoms with E-state index < -0.39 is 0 Å². The van der Waals surface area contributed by atoms with Gasteiger partial charge in [0, 0.05) is 41.3 Å². The van der Waals surface area contributed by atoms with E-state index in [1.165, 1.54) is 5.56 Å². The number of hydrogen-bond donors (Lipinski definition) is 0. The van der Waals surface area contributed by atoms with Crippen molar-refractivity contribution < 1.29 is 4.74 Å². The van der Waals surface area contributed by atoms with Crippen LogP contribution in [-0.4, -0.2) is 63.7 Å². The van der Waals surface area contributed by atoms with Gasteiger partial charge in [0.2, 0.25) is 0 Å². The molecule has 1 rings (SSSR count). The van der Waals surface area contributed by atoms with Crippen molar-refractivity contribution in [3.63, 3.8) is 0 Å². The Morgan fingerprint density at radius 2 is 1.62 bits per heavy atom. The maximum atomic E-state index is 5.64. The fourth-order valence-corrected chi connectivity index (χ4v) is 1.97. The zero-order valence-corrected chi connectivity index (χ0v) is 15.9. The van der Waals surface area contributed by atoms with Crippen molar-refractivity contribution in [3.05, 3.63) is 35.9 Å². The van der Waals surface area contributed by atoms with Crippen LogP contribution in [-0.2, 0) is 11.2 Å². The lowest BCUT2D eigenvalue weighted by Gasteiger charge is -2.22. The highest BCUT2D eigenvalue weighted by Gasteiger charge is 2.02. The Morgan fingerprint density at radius 3 is 2.19 bits per heavy atom. The number of rotatable bonds is 7. The Morgan fingerprint density at radius 1 is 1.00 bits per heavy atom. The molecular weight excluding hydrogens is 377 g/mol. The monoisotopic (exact) mass is 405 g/mol. The molecule has 0 saturated carbocycles. The molecule has 21 heavy (non-hydrogen) atoms. The largest absolute Gasteiger partial charge is 0.381 e. The van der Waals surface area contributed by atoms with Crippen LogP contribution in [0.15, 0.2) is 35.3 Å². The Hall–Kier alpha value is -0.820. The molecule has 0 atom stereocenters. The molecule has 0 N–H and O–H groups in total. The van der Waals surface area contributed by atoms with Gasteiger partial charge >= 0.3 is 0 Å². The molecule has 1 aromatic carbocycles. The first-order valence-corrected chi connectivity index (χ1v) is 7.12. The molecule has 1 aromatic rings. The Balaban J connectivity index is 0.00000400. The van der Waals surface area contributed by atoms with Gasteiger partial charge < -0.3 is 14.5 Å². The van der Waals surface area contributed by atoms with Crippen LogP contribution in [0.3, 0.4) is 0 Å². The number of aliphatic imine (C=N–C) groups is 1. The Labute approximate surface area is 146 Å². The number of hydrogen-bond acceptors (Lipinski definition) is 2. The van der Waals surface area contributed by atoms with Crippen molar-refractivity contribution >= 4 is 29.9 Å². The average Bonchev–Trinajstić information content (AvgIpc) is 2.42. The van der Waals surface area contributed by atoms with Gasteiger partial charge in [-0.2, -0.15) is 0 Å². The smallest absolute Gasteiger partial charge is 0.195 e. The van der Waals surface area contributed by atoms with Crippen molar-refractivity contribution in [2.45, 2.75) is 12.8 Å². The molecule has 0 aliphatic heterocycles. The highest BCUT2D eigenvalue weighted by atomic mass is 127. The van der Waals surface area contributed by atoms with Gasteiger partial charge in [-0.25, -0.2) is 0 Å². The number of nitrogens with zero attached hydrogens (tertiary/aromatic N) is 3. The van der Waals surface area contributed by atoms with E-state index in [-0.39, 0.29) is 24.0 Å². The lowest BCUT2D eigenvalue weighted by Crippen LogP contribution is -2.35. The quantitative estimate of drug-likeness (QED) is 0.302. The number of guanidine groups is 1. The first-order chi connectivity index (χ1) is 9.61. The van der Waals surface area contributed by atoms with E-state index in [9.17, 15) is 0 Å². The highest BCUT2D eigenvalue weighted by Crippen LogP contribution is 2.00. The first kappa shape index (κ1) is 20.2.